The summed E-state index contributed by atoms with van der Waals surface area (Å²) in [5, 5.41) is 7.12. The van der Waals surface area contributed by atoms with E-state index in [1.807, 2.05) is 31.2 Å². The molecule has 144 valence electrons. The molecule has 3 aromatic rings. The Hall–Kier alpha value is -2.93. The van der Waals surface area contributed by atoms with Gasteiger partial charge in [-0.25, -0.2) is 9.97 Å². The van der Waals surface area contributed by atoms with Crippen LogP contribution in [0.1, 0.15) is 31.1 Å². The van der Waals surface area contributed by atoms with Crippen LogP contribution in [0.4, 0.5) is 11.5 Å². The summed E-state index contributed by atoms with van der Waals surface area (Å²) >= 11 is 1.28. The van der Waals surface area contributed by atoms with E-state index in [1.54, 1.807) is 31.2 Å². The number of nitrogens with zero attached hydrogens (tertiary/aromatic N) is 2. The topological polar surface area (TPSA) is 84.0 Å². The maximum Gasteiger partial charge on any atom is 0.237 e. The van der Waals surface area contributed by atoms with E-state index in [1.165, 1.54) is 18.7 Å². The Morgan fingerprint density at radius 3 is 2.54 bits per heavy atom. The zero-order valence-corrected chi connectivity index (χ0v) is 16.8. The molecule has 1 amide bonds. The molecule has 7 heteroatoms. The minimum Gasteiger partial charge on any atom is -0.370 e. The predicted molar refractivity (Wildman–Crippen MR) is 114 cm³/mol. The van der Waals surface area contributed by atoms with Crippen LogP contribution in [0.5, 0.6) is 0 Å². The summed E-state index contributed by atoms with van der Waals surface area (Å²) < 4.78 is 0. The van der Waals surface area contributed by atoms with Crippen LogP contribution >= 0.6 is 11.8 Å². The van der Waals surface area contributed by atoms with E-state index in [4.69, 9.17) is 0 Å². The molecular formula is C21H22N4O2S. The van der Waals surface area contributed by atoms with Gasteiger partial charge in [-0.3, -0.25) is 9.59 Å². The molecule has 0 saturated heterocycles. The van der Waals surface area contributed by atoms with Gasteiger partial charge in [0.15, 0.2) is 10.9 Å². The maximum absolute atomic E-state index is 12.7. The molecule has 0 aliphatic rings. The Labute approximate surface area is 168 Å². The molecule has 1 atom stereocenters. The number of aromatic nitrogens is 2. The van der Waals surface area contributed by atoms with Crippen LogP contribution in [-0.4, -0.2) is 33.5 Å². The van der Waals surface area contributed by atoms with Gasteiger partial charge in [0.1, 0.15) is 5.82 Å². The number of nitrogens with one attached hydrogen (secondary N) is 2. The van der Waals surface area contributed by atoms with E-state index < -0.39 is 5.25 Å². The number of thioether (sulfide) groups is 1. The van der Waals surface area contributed by atoms with Crippen molar-refractivity contribution in [2.24, 2.45) is 0 Å². The van der Waals surface area contributed by atoms with Gasteiger partial charge < -0.3 is 10.6 Å². The van der Waals surface area contributed by atoms with Crippen LogP contribution in [0.2, 0.25) is 0 Å². The van der Waals surface area contributed by atoms with Crippen molar-refractivity contribution in [3.8, 4) is 0 Å². The summed E-state index contributed by atoms with van der Waals surface area (Å²) in [6.45, 7) is 6.02. The van der Waals surface area contributed by atoms with Gasteiger partial charge in [0.25, 0.3) is 0 Å². The smallest absolute Gasteiger partial charge is 0.237 e. The first-order valence-electron chi connectivity index (χ1n) is 9.07. The minimum absolute atomic E-state index is 0.0932. The molecule has 2 aromatic carbocycles. The molecule has 0 spiro atoms. The van der Waals surface area contributed by atoms with Crippen molar-refractivity contribution < 1.29 is 9.59 Å². The Kier molecular flexibility index (Phi) is 6.26. The number of fused-ring (bicyclic) bond motifs is 1. The van der Waals surface area contributed by atoms with E-state index in [0.29, 0.717) is 16.4 Å². The lowest BCUT2D eigenvalue weighted by Crippen LogP contribution is -2.23. The van der Waals surface area contributed by atoms with Crippen LogP contribution in [0.15, 0.2) is 53.7 Å². The number of hydrogen-bond acceptors (Lipinski definition) is 6. The SMILES string of the molecule is CCNc1nc(SC(C)C(=O)Nc2ccccc2C(C)=O)nc2ccccc12. The first-order chi connectivity index (χ1) is 13.5. The van der Waals surface area contributed by atoms with E-state index >= 15 is 0 Å². The molecule has 3 rings (SSSR count). The van der Waals surface area contributed by atoms with Gasteiger partial charge in [-0.2, -0.15) is 0 Å². The van der Waals surface area contributed by atoms with E-state index in [0.717, 1.165) is 23.3 Å². The number of carbonyl (C=O) groups is 2. The lowest BCUT2D eigenvalue weighted by Gasteiger charge is -2.14. The second-order valence-corrected chi connectivity index (χ2v) is 7.56. The van der Waals surface area contributed by atoms with Gasteiger partial charge in [-0.1, -0.05) is 36.0 Å². The molecule has 2 N–H and O–H groups in total. The van der Waals surface area contributed by atoms with Crippen molar-refractivity contribution in [3.63, 3.8) is 0 Å². The minimum atomic E-state index is -0.435. The Morgan fingerprint density at radius 2 is 1.79 bits per heavy atom. The monoisotopic (exact) mass is 394 g/mol. The summed E-state index contributed by atoms with van der Waals surface area (Å²) in [5.41, 5.74) is 1.83. The fourth-order valence-corrected chi connectivity index (χ4v) is 3.53. The average molecular weight is 395 g/mol. The predicted octanol–water partition coefficient (Wildman–Crippen LogP) is 4.38. The van der Waals surface area contributed by atoms with Crippen molar-refractivity contribution >= 4 is 45.9 Å². The van der Waals surface area contributed by atoms with Gasteiger partial charge in [0.2, 0.25) is 5.91 Å². The highest BCUT2D eigenvalue weighted by atomic mass is 32.2. The molecular weight excluding hydrogens is 372 g/mol. The largest absolute Gasteiger partial charge is 0.370 e. The number of para-hydroxylation sites is 2. The average Bonchev–Trinajstić information content (AvgIpc) is 2.68. The quantitative estimate of drug-likeness (QED) is 0.351. The fraction of sp³-hybridized carbons (Fsp3) is 0.238. The van der Waals surface area contributed by atoms with Crippen molar-refractivity contribution in [1.82, 2.24) is 9.97 Å². The van der Waals surface area contributed by atoms with Crippen LogP contribution in [0.25, 0.3) is 10.9 Å². The summed E-state index contributed by atoms with van der Waals surface area (Å²) in [4.78, 5) is 33.5. The third-order valence-electron chi connectivity index (χ3n) is 4.14. The number of rotatable bonds is 7. The molecule has 1 aromatic heterocycles. The number of benzene rings is 2. The van der Waals surface area contributed by atoms with E-state index in [-0.39, 0.29) is 11.7 Å². The Bertz CT molecular complexity index is 1020. The van der Waals surface area contributed by atoms with Gasteiger partial charge in [0, 0.05) is 17.5 Å². The van der Waals surface area contributed by atoms with Gasteiger partial charge in [0.05, 0.1) is 16.5 Å². The number of hydrogen-bond donors (Lipinski definition) is 2. The third-order valence-corrected chi connectivity index (χ3v) is 5.10. The molecule has 0 bridgehead atoms. The molecule has 0 aliphatic carbocycles. The molecule has 0 fully saturated rings. The summed E-state index contributed by atoms with van der Waals surface area (Å²) in [5.74, 6) is 0.454. The first kappa shape index (κ1) is 19.8. The lowest BCUT2D eigenvalue weighted by molar-refractivity contribution is -0.115. The van der Waals surface area contributed by atoms with E-state index in [2.05, 4.69) is 20.6 Å². The maximum atomic E-state index is 12.7. The second kappa shape index (κ2) is 8.84. The molecule has 0 aliphatic heterocycles. The zero-order chi connectivity index (χ0) is 20.1. The Morgan fingerprint density at radius 1 is 1.07 bits per heavy atom. The van der Waals surface area contributed by atoms with Gasteiger partial charge in [-0.15, -0.1) is 0 Å². The highest BCUT2D eigenvalue weighted by molar-refractivity contribution is 8.00. The number of carbonyl (C=O) groups excluding carboxylic acids is 2. The molecule has 1 unspecified atom stereocenters. The highest BCUT2D eigenvalue weighted by Crippen LogP contribution is 2.27. The number of Topliss-reactive ketones (excluding diaryl/α,β-unsaturated/α-hetero) is 1. The van der Waals surface area contributed by atoms with Crippen molar-refractivity contribution in [3.05, 3.63) is 54.1 Å². The fourth-order valence-electron chi connectivity index (χ4n) is 2.76. The van der Waals surface area contributed by atoms with Gasteiger partial charge in [-0.05, 0) is 45.0 Å². The normalized spacial score (nSPS) is 11.8. The molecule has 1 heterocycles. The Balaban J connectivity index is 1.80. The van der Waals surface area contributed by atoms with Crippen LogP contribution in [-0.2, 0) is 4.79 Å². The number of ketones is 1. The van der Waals surface area contributed by atoms with Crippen LogP contribution < -0.4 is 10.6 Å². The van der Waals surface area contributed by atoms with Crippen molar-refractivity contribution in [2.45, 2.75) is 31.2 Å². The standard InChI is InChI=1S/C21H22N4O2S/c1-4-22-19-16-10-6-8-12-18(16)24-21(25-19)28-14(3)20(27)23-17-11-7-5-9-15(17)13(2)26/h5-12,14H,4H2,1-3H3,(H,23,27)(H,22,24,25). The summed E-state index contributed by atoms with van der Waals surface area (Å²) in [6, 6.07) is 14.8. The highest BCUT2D eigenvalue weighted by Gasteiger charge is 2.19. The van der Waals surface area contributed by atoms with Crippen molar-refractivity contribution in [2.75, 3.05) is 17.2 Å². The van der Waals surface area contributed by atoms with Gasteiger partial charge >= 0.3 is 0 Å². The molecule has 0 saturated carbocycles. The first-order valence-corrected chi connectivity index (χ1v) is 9.95. The lowest BCUT2D eigenvalue weighted by atomic mass is 10.1. The zero-order valence-electron chi connectivity index (χ0n) is 16.0. The summed E-state index contributed by atoms with van der Waals surface area (Å²) in [7, 11) is 0. The van der Waals surface area contributed by atoms with Crippen molar-refractivity contribution in [1.29, 1.82) is 0 Å². The number of anilines is 2. The molecule has 28 heavy (non-hydrogen) atoms. The van der Waals surface area contributed by atoms with E-state index in [9.17, 15) is 9.59 Å². The van der Waals surface area contributed by atoms with Crippen LogP contribution in [0.3, 0.4) is 0 Å². The van der Waals surface area contributed by atoms with Crippen LogP contribution in [0, 0.1) is 0 Å². The summed E-state index contributed by atoms with van der Waals surface area (Å²) in [6.07, 6.45) is 0. The number of amides is 1. The molecule has 6 nitrogen and oxygen atoms in total. The second-order valence-electron chi connectivity index (χ2n) is 6.25. The molecule has 0 radical (unpaired) electrons. The third kappa shape index (κ3) is 4.48.